The number of nitrogens with zero attached hydrogens (tertiary/aromatic N) is 1. The highest BCUT2D eigenvalue weighted by molar-refractivity contribution is 7.14. The maximum atomic E-state index is 13.0. The van der Waals surface area contributed by atoms with Crippen molar-refractivity contribution in [1.29, 1.82) is 0 Å². The molecule has 1 heterocycles. The average Bonchev–Trinajstić information content (AvgIpc) is 2.86. The number of hydrogen-bond donors (Lipinski definition) is 2. The minimum absolute atomic E-state index is 0.234. The highest BCUT2D eigenvalue weighted by Crippen LogP contribution is 2.15. The summed E-state index contributed by atoms with van der Waals surface area (Å²) in [6, 6.07) is 6.24. The molecule has 5 nitrogen and oxygen atoms in total. The Hall–Kier alpha value is -2.28. The molecule has 0 aliphatic carbocycles. The van der Waals surface area contributed by atoms with E-state index in [4.69, 9.17) is 0 Å². The van der Waals surface area contributed by atoms with Gasteiger partial charge in [-0.3, -0.25) is 9.59 Å². The van der Waals surface area contributed by atoms with Crippen LogP contribution < -0.4 is 10.6 Å². The normalized spacial score (nSPS) is 10.2. The molecule has 0 saturated heterocycles. The molecule has 0 unspecified atom stereocenters. The summed E-state index contributed by atoms with van der Waals surface area (Å²) in [5, 5.41) is 7.18. The molecule has 0 fully saturated rings. The molecule has 21 heavy (non-hydrogen) atoms. The Morgan fingerprint density at radius 1 is 1.38 bits per heavy atom. The molecule has 110 valence electrons. The smallest absolute Gasteiger partial charge is 0.270 e. The van der Waals surface area contributed by atoms with Crippen molar-refractivity contribution in [1.82, 2.24) is 10.3 Å². The zero-order chi connectivity index (χ0) is 15.2. The Kier molecular flexibility index (Phi) is 4.99. The summed E-state index contributed by atoms with van der Waals surface area (Å²) >= 11 is 1.18. The lowest BCUT2D eigenvalue weighted by Gasteiger charge is -2.03. The van der Waals surface area contributed by atoms with Gasteiger partial charge in [-0.05, 0) is 24.1 Å². The van der Waals surface area contributed by atoms with Gasteiger partial charge in [0, 0.05) is 18.8 Å². The van der Waals surface area contributed by atoms with Crippen molar-refractivity contribution in [3.05, 3.63) is 46.7 Å². The lowest BCUT2D eigenvalue weighted by molar-refractivity contribution is -0.114. The van der Waals surface area contributed by atoms with E-state index in [1.165, 1.54) is 30.4 Å². The Morgan fingerprint density at radius 3 is 2.90 bits per heavy atom. The summed E-state index contributed by atoms with van der Waals surface area (Å²) in [5.74, 6) is -0.847. The molecule has 0 aliphatic rings. The van der Waals surface area contributed by atoms with E-state index in [1.807, 2.05) is 0 Å². The fourth-order valence-electron chi connectivity index (χ4n) is 1.69. The van der Waals surface area contributed by atoms with Crippen LogP contribution in [0.15, 0.2) is 29.6 Å². The molecule has 1 aromatic heterocycles. The van der Waals surface area contributed by atoms with E-state index < -0.39 is 0 Å². The predicted molar refractivity (Wildman–Crippen MR) is 78.9 cm³/mol. The fraction of sp³-hybridized carbons (Fsp3) is 0.214. The molecule has 2 rings (SSSR count). The maximum Gasteiger partial charge on any atom is 0.270 e. The van der Waals surface area contributed by atoms with E-state index in [1.54, 1.807) is 17.5 Å². The standard InChI is InChI=1S/C14H14FN3O2S/c1-9(19)17-14-18-12(8-21-14)13(20)16-6-5-10-3-2-4-11(15)7-10/h2-4,7-8H,5-6H2,1H3,(H,16,20)(H,17,18,19). The number of aromatic nitrogens is 1. The van der Waals surface area contributed by atoms with Gasteiger partial charge in [0.25, 0.3) is 5.91 Å². The maximum absolute atomic E-state index is 13.0. The molecule has 2 N–H and O–H groups in total. The molecular formula is C14H14FN3O2S. The van der Waals surface area contributed by atoms with E-state index in [0.717, 1.165) is 5.56 Å². The molecular weight excluding hydrogens is 293 g/mol. The van der Waals surface area contributed by atoms with Crippen molar-refractivity contribution in [2.45, 2.75) is 13.3 Å². The molecule has 7 heteroatoms. The number of thiazole rings is 1. The van der Waals surface area contributed by atoms with Gasteiger partial charge in [-0.1, -0.05) is 12.1 Å². The first-order valence-corrected chi connectivity index (χ1v) is 7.18. The summed E-state index contributed by atoms with van der Waals surface area (Å²) in [5.41, 5.74) is 1.07. The van der Waals surface area contributed by atoms with Gasteiger partial charge in [0.2, 0.25) is 5.91 Å². The number of carbonyl (C=O) groups is 2. The largest absolute Gasteiger partial charge is 0.350 e. The van der Waals surface area contributed by atoms with Crippen molar-refractivity contribution in [2.75, 3.05) is 11.9 Å². The number of hydrogen-bond acceptors (Lipinski definition) is 4. The Bertz CT molecular complexity index is 657. The van der Waals surface area contributed by atoms with Crippen LogP contribution in [0.5, 0.6) is 0 Å². The van der Waals surface area contributed by atoms with Crippen molar-refractivity contribution in [3.63, 3.8) is 0 Å². The van der Waals surface area contributed by atoms with Crippen molar-refractivity contribution in [3.8, 4) is 0 Å². The van der Waals surface area contributed by atoms with Crippen LogP contribution in [0, 0.1) is 5.82 Å². The van der Waals surface area contributed by atoms with E-state index in [2.05, 4.69) is 15.6 Å². The van der Waals surface area contributed by atoms with Crippen LogP contribution in [-0.2, 0) is 11.2 Å². The second-order valence-corrected chi connectivity index (χ2v) is 5.21. The number of halogens is 1. The van der Waals surface area contributed by atoms with Gasteiger partial charge in [-0.25, -0.2) is 9.37 Å². The van der Waals surface area contributed by atoms with Crippen molar-refractivity contribution >= 4 is 28.3 Å². The zero-order valence-corrected chi connectivity index (χ0v) is 12.2. The van der Waals surface area contributed by atoms with Crippen LogP contribution in [0.1, 0.15) is 23.0 Å². The van der Waals surface area contributed by atoms with Gasteiger partial charge < -0.3 is 10.6 Å². The van der Waals surface area contributed by atoms with Gasteiger partial charge in [0.05, 0.1) is 0 Å². The molecule has 0 atom stereocenters. The Labute approximate surface area is 125 Å². The van der Waals surface area contributed by atoms with Crippen LogP contribution in [0.2, 0.25) is 0 Å². The van der Waals surface area contributed by atoms with E-state index in [-0.39, 0.29) is 23.3 Å². The monoisotopic (exact) mass is 307 g/mol. The van der Waals surface area contributed by atoms with Gasteiger partial charge in [0.1, 0.15) is 11.5 Å². The predicted octanol–water partition coefficient (Wildman–Crippen LogP) is 2.21. The van der Waals surface area contributed by atoms with Crippen LogP contribution in [0.3, 0.4) is 0 Å². The third kappa shape index (κ3) is 4.64. The summed E-state index contributed by atoms with van der Waals surface area (Å²) < 4.78 is 13.0. The second kappa shape index (κ2) is 6.94. The lowest BCUT2D eigenvalue weighted by atomic mass is 10.1. The highest BCUT2D eigenvalue weighted by atomic mass is 32.1. The van der Waals surface area contributed by atoms with Gasteiger partial charge in [-0.2, -0.15) is 0 Å². The molecule has 2 aromatic rings. The van der Waals surface area contributed by atoms with Gasteiger partial charge in [0.15, 0.2) is 5.13 Å². The average molecular weight is 307 g/mol. The summed E-state index contributed by atoms with van der Waals surface area (Å²) in [7, 11) is 0. The Balaban J connectivity index is 1.84. The summed E-state index contributed by atoms with van der Waals surface area (Å²) in [6.07, 6.45) is 0.534. The number of amides is 2. The molecule has 1 aromatic carbocycles. The first kappa shape index (κ1) is 15.1. The number of anilines is 1. The molecule has 0 aliphatic heterocycles. The van der Waals surface area contributed by atoms with Crippen molar-refractivity contribution in [2.24, 2.45) is 0 Å². The Morgan fingerprint density at radius 2 is 2.19 bits per heavy atom. The molecule has 0 spiro atoms. The van der Waals surface area contributed by atoms with E-state index in [0.29, 0.717) is 18.1 Å². The molecule has 0 radical (unpaired) electrons. The van der Waals surface area contributed by atoms with Gasteiger partial charge in [-0.15, -0.1) is 11.3 Å². The number of carbonyl (C=O) groups excluding carboxylic acids is 2. The first-order chi connectivity index (χ1) is 10.0. The summed E-state index contributed by atoms with van der Waals surface area (Å²) in [6.45, 7) is 1.76. The van der Waals surface area contributed by atoms with Crippen LogP contribution >= 0.6 is 11.3 Å². The van der Waals surface area contributed by atoms with Crippen molar-refractivity contribution < 1.29 is 14.0 Å². The van der Waals surface area contributed by atoms with E-state index >= 15 is 0 Å². The quantitative estimate of drug-likeness (QED) is 0.889. The number of rotatable bonds is 5. The second-order valence-electron chi connectivity index (χ2n) is 4.35. The van der Waals surface area contributed by atoms with Gasteiger partial charge >= 0.3 is 0 Å². The third-order valence-electron chi connectivity index (χ3n) is 2.61. The molecule has 0 saturated carbocycles. The first-order valence-electron chi connectivity index (χ1n) is 6.30. The number of nitrogens with one attached hydrogen (secondary N) is 2. The van der Waals surface area contributed by atoms with Crippen LogP contribution in [0.25, 0.3) is 0 Å². The van der Waals surface area contributed by atoms with Crippen LogP contribution in [-0.4, -0.2) is 23.3 Å². The lowest BCUT2D eigenvalue weighted by Crippen LogP contribution is -2.26. The topological polar surface area (TPSA) is 71.1 Å². The van der Waals surface area contributed by atoms with Crippen LogP contribution in [0.4, 0.5) is 9.52 Å². The SMILES string of the molecule is CC(=O)Nc1nc(C(=O)NCCc2cccc(F)c2)cs1. The highest BCUT2D eigenvalue weighted by Gasteiger charge is 2.10. The zero-order valence-electron chi connectivity index (χ0n) is 11.4. The summed E-state index contributed by atoms with van der Waals surface area (Å²) in [4.78, 5) is 26.7. The minimum Gasteiger partial charge on any atom is -0.350 e. The number of benzene rings is 1. The van der Waals surface area contributed by atoms with E-state index in [9.17, 15) is 14.0 Å². The minimum atomic E-state index is -0.320. The molecule has 2 amide bonds. The molecule has 0 bridgehead atoms. The third-order valence-corrected chi connectivity index (χ3v) is 3.37. The fourth-order valence-corrected chi connectivity index (χ4v) is 2.43.